The predicted molar refractivity (Wildman–Crippen MR) is 103 cm³/mol. The lowest BCUT2D eigenvalue weighted by Crippen LogP contribution is -2.36. The summed E-state index contributed by atoms with van der Waals surface area (Å²) in [6.07, 6.45) is 5.21. The van der Waals surface area contributed by atoms with E-state index in [1.165, 1.54) is 0 Å². The lowest BCUT2D eigenvalue weighted by Gasteiger charge is -2.28. The van der Waals surface area contributed by atoms with Gasteiger partial charge < -0.3 is 4.90 Å². The van der Waals surface area contributed by atoms with Crippen LogP contribution in [0.25, 0.3) is 0 Å². The number of hydrogen-bond acceptors (Lipinski definition) is 1. The first-order chi connectivity index (χ1) is 11.7. The van der Waals surface area contributed by atoms with E-state index in [9.17, 15) is 0 Å². The van der Waals surface area contributed by atoms with Gasteiger partial charge in [-0.05, 0) is 13.3 Å². The summed E-state index contributed by atoms with van der Waals surface area (Å²) in [4.78, 5) is 6.81. The van der Waals surface area contributed by atoms with Gasteiger partial charge in [0.25, 0.3) is 0 Å². The summed E-state index contributed by atoms with van der Waals surface area (Å²) in [7, 11) is 2.04. The Bertz CT molecular complexity index is 702. The Hall–Kier alpha value is -2.68. The van der Waals surface area contributed by atoms with Crippen LogP contribution in [-0.4, -0.2) is 29.7 Å². The van der Waals surface area contributed by atoms with Crippen molar-refractivity contribution < 1.29 is 0 Å². The maximum absolute atomic E-state index is 8.37. The van der Waals surface area contributed by atoms with E-state index in [1.807, 2.05) is 74.6 Å². The van der Waals surface area contributed by atoms with Gasteiger partial charge in [0, 0.05) is 24.2 Å². The van der Waals surface area contributed by atoms with Gasteiger partial charge in [0.1, 0.15) is 5.84 Å². The molecule has 3 heteroatoms. The SMILES string of the molecule is CC=CC(CC)N(C)/C(=N\C(=N)c1ccccc1)c1ccccc1. The van der Waals surface area contributed by atoms with Gasteiger partial charge in [-0.15, -0.1) is 0 Å². The van der Waals surface area contributed by atoms with Gasteiger partial charge in [0.2, 0.25) is 0 Å². The van der Waals surface area contributed by atoms with Crippen molar-refractivity contribution in [3.05, 3.63) is 83.9 Å². The van der Waals surface area contributed by atoms with Crippen molar-refractivity contribution >= 4 is 11.7 Å². The number of amidine groups is 2. The zero-order chi connectivity index (χ0) is 17.4. The summed E-state index contributed by atoms with van der Waals surface area (Å²) in [5.74, 6) is 1.09. The molecule has 0 aliphatic rings. The molecule has 0 aliphatic carbocycles. The van der Waals surface area contributed by atoms with Gasteiger partial charge >= 0.3 is 0 Å². The van der Waals surface area contributed by atoms with Crippen LogP contribution in [0, 0.1) is 5.41 Å². The number of allylic oxidation sites excluding steroid dienone is 1. The van der Waals surface area contributed by atoms with Crippen LogP contribution in [0.2, 0.25) is 0 Å². The van der Waals surface area contributed by atoms with Crippen LogP contribution < -0.4 is 0 Å². The Balaban J connectivity index is 2.43. The molecule has 0 aliphatic heterocycles. The molecule has 2 aromatic rings. The van der Waals surface area contributed by atoms with Crippen molar-refractivity contribution in [2.24, 2.45) is 4.99 Å². The minimum Gasteiger partial charge on any atom is -0.353 e. The van der Waals surface area contributed by atoms with Crippen LogP contribution in [0.15, 0.2) is 77.8 Å². The number of hydrogen-bond donors (Lipinski definition) is 1. The normalized spacial score (nSPS) is 13.0. The Labute approximate surface area is 144 Å². The fourth-order valence-electron chi connectivity index (χ4n) is 2.62. The first-order valence-electron chi connectivity index (χ1n) is 8.31. The Morgan fingerprint density at radius 1 is 1.04 bits per heavy atom. The second-order valence-electron chi connectivity index (χ2n) is 5.63. The molecule has 0 saturated heterocycles. The van der Waals surface area contributed by atoms with E-state index < -0.39 is 0 Å². The lowest BCUT2D eigenvalue weighted by atomic mass is 10.1. The topological polar surface area (TPSA) is 39.5 Å². The third-order valence-corrected chi connectivity index (χ3v) is 3.96. The van der Waals surface area contributed by atoms with Crippen molar-refractivity contribution in [1.29, 1.82) is 5.41 Å². The van der Waals surface area contributed by atoms with E-state index in [0.717, 1.165) is 23.4 Å². The van der Waals surface area contributed by atoms with Crippen molar-refractivity contribution in [2.45, 2.75) is 26.3 Å². The highest BCUT2D eigenvalue weighted by Gasteiger charge is 2.17. The Kier molecular flexibility index (Phi) is 6.50. The smallest absolute Gasteiger partial charge is 0.154 e. The molecule has 2 rings (SSSR count). The van der Waals surface area contributed by atoms with E-state index in [-0.39, 0.29) is 11.9 Å². The van der Waals surface area contributed by atoms with E-state index in [1.54, 1.807) is 0 Å². The maximum atomic E-state index is 8.37. The largest absolute Gasteiger partial charge is 0.353 e. The zero-order valence-corrected chi connectivity index (χ0v) is 14.6. The summed E-state index contributed by atoms with van der Waals surface area (Å²) >= 11 is 0. The van der Waals surface area contributed by atoms with Gasteiger partial charge in [-0.2, -0.15) is 0 Å². The van der Waals surface area contributed by atoms with Gasteiger partial charge in [-0.3, -0.25) is 5.41 Å². The van der Waals surface area contributed by atoms with Gasteiger partial charge in [-0.25, -0.2) is 4.99 Å². The average Bonchev–Trinajstić information content (AvgIpc) is 2.65. The quantitative estimate of drug-likeness (QED) is 0.482. The van der Waals surface area contributed by atoms with Gasteiger partial charge in [0.15, 0.2) is 5.84 Å². The van der Waals surface area contributed by atoms with E-state index in [0.29, 0.717) is 0 Å². The summed E-state index contributed by atoms with van der Waals surface area (Å²) < 4.78 is 0. The predicted octanol–water partition coefficient (Wildman–Crippen LogP) is 4.75. The zero-order valence-electron chi connectivity index (χ0n) is 14.6. The molecule has 3 nitrogen and oxygen atoms in total. The minimum atomic E-state index is 0.248. The molecule has 1 N–H and O–H groups in total. The fourth-order valence-corrected chi connectivity index (χ4v) is 2.62. The first kappa shape index (κ1) is 17.7. The van der Waals surface area contributed by atoms with E-state index in [4.69, 9.17) is 5.41 Å². The molecule has 0 saturated carbocycles. The fraction of sp³-hybridized carbons (Fsp3) is 0.238. The van der Waals surface area contributed by atoms with Crippen molar-refractivity contribution in [2.75, 3.05) is 7.05 Å². The molecule has 2 aromatic carbocycles. The van der Waals surface area contributed by atoms with E-state index >= 15 is 0 Å². The number of benzene rings is 2. The molecular weight excluding hydrogens is 294 g/mol. The van der Waals surface area contributed by atoms with Crippen molar-refractivity contribution in [3.8, 4) is 0 Å². The van der Waals surface area contributed by atoms with Crippen LogP contribution >= 0.6 is 0 Å². The number of aliphatic imine (C=N–C) groups is 1. The molecule has 0 amide bonds. The van der Waals surface area contributed by atoms with Gasteiger partial charge in [-0.1, -0.05) is 79.7 Å². The minimum absolute atomic E-state index is 0.248. The lowest BCUT2D eigenvalue weighted by molar-refractivity contribution is 0.416. The number of nitrogens with zero attached hydrogens (tertiary/aromatic N) is 2. The number of rotatable bonds is 5. The summed E-state index contributed by atoms with van der Waals surface area (Å²) in [5.41, 5.74) is 1.84. The molecule has 1 unspecified atom stereocenters. The molecule has 0 aromatic heterocycles. The molecule has 0 radical (unpaired) electrons. The maximum Gasteiger partial charge on any atom is 0.154 e. The summed E-state index contributed by atoms with van der Waals surface area (Å²) in [6.45, 7) is 4.19. The van der Waals surface area contributed by atoms with Crippen LogP contribution in [0.5, 0.6) is 0 Å². The number of likely N-dealkylation sites (N-methyl/N-ethyl adjacent to an activating group) is 1. The highest BCUT2D eigenvalue weighted by Crippen LogP contribution is 2.13. The summed E-state index contributed by atoms with van der Waals surface area (Å²) in [6, 6.07) is 20.0. The standard InChI is InChI=1S/C21H25N3/c1-4-12-19(5-2)24(3)21(18-15-10-7-11-16-18)23-20(22)17-13-8-6-9-14-17/h4,6-16,19,22H,5H2,1-3H3/b12-4?,22-20?,23-21-. The van der Waals surface area contributed by atoms with E-state index in [2.05, 4.69) is 29.0 Å². The van der Waals surface area contributed by atoms with Crippen LogP contribution in [-0.2, 0) is 0 Å². The molecular formula is C21H25N3. The van der Waals surface area contributed by atoms with Crippen molar-refractivity contribution in [1.82, 2.24) is 4.90 Å². The average molecular weight is 319 g/mol. The summed E-state index contributed by atoms with van der Waals surface area (Å²) in [5, 5.41) is 8.37. The first-order valence-corrected chi connectivity index (χ1v) is 8.31. The monoisotopic (exact) mass is 319 g/mol. The highest BCUT2D eigenvalue weighted by atomic mass is 15.2. The van der Waals surface area contributed by atoms with Crippen LogP contribution in [0.3, 0.4) is 0 Å². The third kappa shape index (κ3) is 4.42. The molecule has 124 valence electrons. The molecule has 24 heavy (non-hydrogen) atoms. The molecule has 0 bridgehead atoms. The van der Waals surface area contributed by atoms with Crippen molar-refractivity contribution in [3.63, 3.8) is 0 Å². The Morgan fingerprint density at radius 2 is 1.58 bits per heavy atom. The molecule has 1 atom stereocenters. The second-order valence-corrected chi connectivity index (χ2v) is 5.63. The Morgan fingerprint density at radius 3 is 2.08 bits per heavy atom. The highest BCUT2D eigenvalue weighted by molar-refractivity contribution is 6.10. The molecule has 0 fully saturated rings. The number of nitrogens with one attached hydrogen (secondary N) is 1. The van der Waals surface area contributed by atoms with Gasteiger partial charge in [0.05, 0.1) is 0 Å². The molecule has 0 heterocycles. The third-order valence-electron chi connectivity index (χ3n) is 3.96. The molecule has 0 spiro atoms. The van der Waals surface area contributed by atoms with Crippen LogP contribution in [0.1, 0.15) is 31.4 Å². The second kappa shape index (κ2) is 8.82. The van der Waals surface area contributed by atoms with Crippen LogP contribution in [0.4, 0.5) is 0 Å².